The molecule has 0 bridgehead atoms. The maximum absolute atomic E-state index is 11.8. The van der Waals surface area contributed by atoms with Crippen LogP contribution in [0.4, 0.5) is 0 Å². The highest BCUT2D eigenvalue weighted by atomic mass is 35.5. The smallest absolute Gasteiger partial charge is 0.265 e. The minimum absolute atomic E-state index is 0.292. The van der Waals surface area contributed by atoms with Gasteiger partial charge in [-0.2, -0.15) is 0 Å². The topological polar surface area (TPSA) is 60.0 Å². The number of nitrogens with one attached hydrogen (secondary N) is 1. The van der Waals surface area contributed by atoms with Gasteiger partial charge in [-0.3, -0.25) is 10.2 Å². The summed E-state index contributed by atoms with van der Waals surface area (Å²) in [7, 11) is 0. The number of hydrazine groups is 1. The first-order chi connectivity index (χ1) is 10.2. The minimum Gasteiger partial charge on any atom is -0.343 e. The van der Waals surface area contributed by atoms with Crippen LogP contribution in [-0.4, -0.2) is 10.5 Å². The number of halogens is 1. The molecule has 0 spiro atoms. The van der Waals surface area contributed by atoms with Crippen LogP contribution in [0.25, 0.3) is 10.9 Å². The summed E-state index contributed by atoms with van der Waals surface area (Å²) in [5.41, 5.74) is 4.68. The van der Waals surface area contributed by atoms with Gasteiger partial charge in [-0.1, -0.05) is 35.9 Å². The average molecular weight is 300 g/mol. The largest absolute Gasteiger partial charge is 0.343 e. The van der Waals surface area contributed by atoms with E-state index in [2.05, 4.69) is 9.99 Å². The third-order valence-corrected chi connectivity index (χ3v) is 3.70. The van der Waals surface area contributed by atoms with Crippen LogP contribution in [0.2, 0.25) is 5.02 Å². The summed E-state index contributed by atoms with van der Waals surface area (Å²) in [6, 6.07) is 15.2. The van der Waals surface area contributed by atoms with Gasteiger partial charge in [-0.05, 0) is 35.2 Å². The number of carbonyl (C=O) groups excluding carboxylic acids is 1. The number of fused-ring (bicyclic) bond motifs is 1. The van der Waals surface area contributed by atoms with Crippen LogP contribution >= 0.6 is 11.6 Å². The van der Waals surface area contributed by atoms with Crippen molar-refractivity contribution in [2.45, 2.75) is 6.54 Å². The highest BCUT2D eigenvalue weighted by molar-refractivity contribution is 6.31. The number of nitrogens with zero attached hydrogens (tertiary/aromatic N) is 1. The number of nitrogens with two attached hydrogens (primary N) is 1. The third-order valence-electron chi connectivity index (χ3n) is 3.47. The molecule has 0 aliphatic heterocycles. The zero-order chi connectivity index (χ0) is 14.8. The molecule has 0 saturated heterocycles. The number of hydrogen-bond donors (Lipinski definition) is 2. The fraction of sp³-hybridized carbons (Fsp3) is 0.0625. The summed E-state index contributed by atoms with van der Waals surface area (Å²) >= 11 is 6.06. The molecule has 4 nitrogen and oxygen atoms in total. The lowest BCUT2D eigenvalue weighted by molar-refractivity contribution is 0.0952. The normalized spacial score (nSPS) is 10.8. The average Bonchev–Trinajstić information content (AvgIpc) is 2.89. The quantitative estimate of drug-likeness (QED) is 0.444. The molecule has 2 aromatic carbocycles. The van der Waals surface area contributed by atoms with Crippen molar-refractivity contribution in [2.24, 2.45) is 5.84 Å². The maximum atomic E-state index is 11.8. The third kappa shape index (κ3) is 2.63. The number of carbonyl (C=O) groups is 1. The van der Waals surface area contributed by atoms with Crippen LogP contribution in [0, 0.1) is 0 Å². The van der Waals surface area contributed by atoms with E-state index in [4.69, 9.17) is 17.4 Å². The van der Waals surface area contributed by atoms with E-state index in [0.29, 0.717) is 17.1 Å². The van der Waals surface area contributed by atoms with E-state index in [1.165, 1.54) is 0 Å². The predicted octanol–water partition coefficient (Wildman–Crippen LogP) is 2.95. The summed E-state index contributed by atoms with van der Waals surface area (Å²) in [6.07, 6.45) is 1.98. The second-order valence-corrected chi connectivity index (χ2v) is 5.21. The Labute approximate surface area is 127 Å². The van der Waals surface area contributed by atoms with E-state index >= 15 is 0 Å². The molecule has 0 unspecified atom stereocenters. The maximum Gasteiger partial charge on any atom is 0.265 e. The number of hydrogen-bond acceptors (Lipinski definition) is 2. The van der Waals surface area contributed by atoms with Crippen molar-refractivity contribution in [3.05, 3.63) is 70.9 Å². The summed E-state index contributed by atoms with van der Waals surface area (Å²) in [6.45, 7) is 0.577. The van der Waals surface area contributed by atoms with Gasteiger partial charge in [0.2, 0.25) is 0 Å². The zero-order valence-corrected chi connectivity index (χ0v) is 12.0. The summed E-state index contributed by atoms with van der Waals surface area (Å²) in [5, 5.41) is 1.80. The van der Waals surface area contributed by atoms with Crippen molar-refractivity contribution in [3.63, 3.8) is 0 Å². The van der Waals surface area contributed by atoms with E-state index in [0.717, 1.165) is 16.5 Å². The van der Waals surface area contributed by atoms with Crippen LogP contribution in [0.5, 0.6) is 0 Å². The predicted molar refractivity (Wildman–Crippen MR) is 84.1 cm³/mol. The summed E-state index contributed by atoms with van der Waals surface area (Å²) < 4.78 is 2.06. The van der Waals surface area contributed by atoms with Gasteiger partial charge in [0.1, 0.15) is 0 Å². The van der Waals surface area contributed by atoms with E-state index in [1.54, 1.807) is 6.07 Å². The van der Waals surface area contributed by atoms with Gasteiger partial charge < -0.3 is 4.57 Å². The molecule has 0 fully saturated rings. The van der Waals surface area contributed by atoms with Gasteiger partial charge in [-0.25, -0.2) is 5.84 Å². The molecule has 1 heterocycles. The molecule has 3 N–H and O–H groups in total. The Morgan fingerprint density at radius 1 is 1.19 bits per heavy atom. The number of benzene rings is 2. The summed E-state index contributed by atoms with van der Waals surface area (Å²) in [5.74, 6) is 4.94. The molecule has 1 aromatic heterocycles. The molecule has 0 saturated carbocycles. The fourth-order valence-corrected chi connectivity index (χ4v) is 2.60. The second kappa shape index (κ2) is 5.60. The van der Waals surface area contributed by atoms with Gasteiger partial charge in [0.25, 0.3) is 5.91 Å². The van der Waals surface area contributed by atoms with E-state index in [-0.39, 0.29) is 5.91 Å². The highest BCUT2D eigenvalue weighted by Gasteiger charge is 2.11. The molecule has 3 aromatic rings. The van der Waals surface area contributed by atoms with E-state index in [1.807, 2.05) is 48.7 Å². The van der Waals surface area contributed by atoms with Crippen molar-refractivity contribution in [1.82, 2.24) is 9.99 Å². The van der Waals surface area contributed by atoms with Gasteiger partial charge in [-0.15, -0.1) is 0 Å². The molecule has 0 aliphatic carbocycles. The SMILES string of the molecule is NNC(=O)c1ccccc1Cn1ccc2ccc(Cl)cc21. The van der Waals surface area contributed by atoms with Crippen LogP contribution in [-0.2, 0) is 6.54 Å². The van der Waals surface area contributed by atoms with E-state index < -0.39 is 0 Å². The van der Waals surface area contributed by atoms with Crippen LogP contribution in [0.3, 0.4) is 0 Å². The van der Waals surface area contributed by atoms with Crippen LogP contribution in [0.1, 0.15) is 15.9 Å². The standard InChI is InChI=1S/C16H14ClN3O/c17-13-6-5-11-7-8-20(15(11)9-13)10-12-3-1-2-4-14(12)16(21)19-18/h1-9H,10,18H2,(H,19,21). The molecule has 3 rings (SSSR count). The van der Waals surface area contributed by atoms with Crippen molar-refractivity contribution in [1.29, 1.82) is 0 Å². The van der Waals surface area contributed by atoms with Crippen LogP contribution in [0.15, 0.2) is 54.7 Å². The Morgan fingerprint density at radius 2 is 2.00 bits per heavy atom. The Bertz CT molecular complexity index is 810. The molecule has 5 heteroatoms. The molecule has 1 amide bonds. The molecular formula is C16H14ClN3O. The zero-order valence-electron chi connectivity index (χ0n) is 11.2. The molecule has 0 atom stereocenters. The second-order valence-electron chi connectivity index (χ2n) is 4.78. The minimum atomic E-state index is -0.292. The molecular weight excluding hydrogens is 286 g/mol. The highest BCUT2D eigenvalue weighted by Crippen LogP contribution is 2.22. The fourth-order valence-electron chi connectivity index (χ4n) is 2.44. The van der Waals surface area contributed by atoms with Gasteiger partial charge in [0.05, 0.1) is 0 Å². The van der Waals surface area contributed by atoms with Crippen molar-refractivity contribution >= 4 is 28.4 Å². The van der Waals surface area contributed by atoms with E-state index in [9.17, 15) is 4.79 Å². The Kier molecular flexibility index (Phi) is 3.64. The number of rotatable bonds is 3. The van der Waals surface area contributed by atoms with Gasteiger partial charge >= 0.3 is 0 Å². The molecule has 0 radical (unpaired) electrons. The number of nitrogen functional groups attached to an aromatic ring is 1. The molecule has 21 heavy (non-hydrogen) atoms. The van der Waals surface area contributed by atoms with Crippen LogP contribution < -0.4 is 11.3 Å². The lowest BCUT2D eigenvalue weighted by Crippen LogP contribution is -2.31. The van der Waals surface area contributed by atoms with Gasteiger partial charge in [0.15, 0.2) is 0 Å². The first kappa shape index (κ1) is 13.7. The first-order valence-electron chi connectivity index (χ1n) is 6.52. The van der Waals surface area contributed by atoms with Crippen molar-refractivity contribution in [3.8, 4) is 0 Å². The lowest BCUT2D eigenvalue weighted by atomic mass is 10.1. The van der Waals surface area contributed by atoms with Crippen molar-refractivity contribution in [2.75, 3.05) is 0 Å². The Hall–Kier alpha value is -2.30. The molecule has 106 valence electrons. The Morgan fingerprint density at radius 3 is 2.81 bits per heavy atom. The van der Waals surface area contributed by atoms with Crippen molar-refractivity contribution < 1.29 is 4.79 Å². The number of aromatic nitrogens is 1. The lowest BCUT2D eigenvalue weighted by Gasteiger charge is -2.10. The molecule has 0 aliphatic rings. The Balaban J connectivity index is 2.03. The monoisotopic (exact) mass is 299 g/mol. The van der Waals surface area contributed by atoms with Gasteiger partial charge in [0, 0.05) is 28.8 Å². The summed E-state index contributed by atoms with van der Waals surface area (Å²) in [4.78, 5) is 11.8. The number of amides is 1. The first-order valence-corrected chi connectivity index (χ1v) is 6.90.